The van der Waals surface area contributed by atoms with Crippen molar-refractivity contribution in [1.82, 2.24) is 14.9 Å². The van der Waals surface area contributed by atoms with Crippen LogP contribution in [0.5, 0.6) is 0 Å². The number of benzene rings is 2. The molecule has 120 valence electrons. The maximum absolute atomic E-state index is 13.4. The largest absolute Gasteiger partial charge is 0.429 e. The van der Waals surface area contributed by atoms with Gasteiger partial charge in [0.1, 0.15) is 5.82 Å². The van der Waals surface area contributed by atoms with Gasteiger partial charge >= 0.3 is 0 Å². The maximum Gasteiger partial charge on any atom is 0.123 e. The highest BCUT2D eigenvalue weighted by Crippen LogP contribution is 2.37. The lowest BCUT2D eigenvalue weighted by molar-refractivity contribution is 0.174. The zero-order valence-corrected chi connectivity index (χ0v) is 13.4. The SMILES string of the molecule is CC(C)c1c(-c2ccc(F)cc2)c2cc3cnnc3cc2cn1O. The molecule has 24 heavy (non-hydrogen) atoms. The molecule has 2 aromatic carbocycles. The van der Waals surface area contributed by atoms with Gasteiger partial charge in [-0.15, -0.1) is 0 Å². The summed E-state index contributed by atoms with van der Waals surface area (Å²) in [4.78, 5) is 0. The lowest BCUT2D eigenvalue weighted by Gasteiger charge is -2.19. The number of fused-ring (bicyclic) bond motifs is 2. The van der Waals surface area contributed by atoms with Crippen molar-refractivity contribution in [3.63, 3.8) is 0 Å². The highest BCUT2D eigenvalue weighted by molar-refractivity contribution is 6.04. The van der Waals surface area contributed by atoms with Crippen LogP contribution >= 0.6 is 0 Å². The molecule has 0 spiro atoms. The zero-order chi connectivity index (χ0) is 16.8. The molecule has 1 N–H and O–H groups in total. The molecular weight excluding hydrogens is 305 g/mol. The van der Waals surface area contributed by atoms with Gasteiger partial charge < -0.3 is 5.21 Å². The van der Waals surface area contributed by atoms with E-state index in [0.29, 0.717) is 0 Å². The fraction of sp³-hybridized carbons (Fsp3) is 0.158. The smallest absolute Gasteiger partial charge is 0.123 e. The molecule has 4 nitrogen and oxygen atoms in total. The van der Waals surface area contributed by atoms with Gasteiger partial charge in [0.2, 0.25) is 0 Å². The Morgan fingerprint density at radius 2 is 1.83 bits per heavy atom. The second kappa shape index (κ2) is 5.30. The van der Waals surface area contributed by atoms with Crippen LogP contribution in [-0.4, -0.2) is 20.1 Å². The van der Waals surface area contributed by atoms with Crippen molar-refractivity contribution in [2.75, 3.05) is 0 Å². The first kappa shape index (κ1) is 14.6. The minimum Gasteiger partial charge on any atom is -0.429 e. The van der Waals surface area contributed by atoms with Crippen molar-refractivity contribution in [2.24, 2.45) is 0 Å². The molecule has 5 heteroatoms. The third-order valence-corrected chi connectivity index (χ3v) is 4.27. The molecule has 0 atom stereocenters. The van der Waals surface area contributed by atoms with Crippen LogP contribution in [0.25, 0.3) is 32.8 Å². The number of hydrogen-bond donors (Lipinski definition) is 1. The molecule has 0 aliphatic heterocycles. The summed E-state index contributed by atoms with van der Waals surface area (Å²) in [6, 6.07) is 10.3. The average molecular weight is 321 g/mol. The lowest BCUT2D eigenvalue weighted by Crippen LogP contribution is -2.07. The molecule has 0 radical (unpaired) electrons. The molecule has 4 rings (SSSR count). The van der Waals surface area contributed by atoms with E-state index in [1.165, 1.54) is 12.1 Å². The van der Waals surface area contributed by atoms with Crippen molar-refractivity contribution in [1.29, 1.82) is 0 Å². The zero-order valence-electron chi connectivity index (χ0n) is 13.4. The molecule has 0 aliphatic carbocycles. The Morgan fingerprint density at radius 1 is 1.08 bits per heavy atom. The third-order valence-electron chi connectivity index (χ3n) is 4.27. The van der Waals surface area contributed by atoms with Crippen molar-refractivity contribution in [3.8, 4) is 11.1 Å². The first-order valence-corrected chi connectivity index (χ1v) is 7.80. The van der Waals surface area contributed by atoms with Crippen LogP contribution in [-0.2, 0) is 0 Å². The van der Waals surface area contributed by atoms with E-state index in [1.54, 1.807) is 24.5 Å². The summed E-state index contributed by atoms with van der Waals surface area (Å²) in [7, 11) is 0. The Labute approximate surface area is 138 Å². The van der Waals surface area contributed by atoms with E-state index in [4.69, 9.17) is 0 Å². The summed E-state index contributed by atoms with van der Waals surface area (Å²) >= 11 is 0. The minimum atomic E-state index is -0.284. The van der Waals surface area contributed by atoms with Gasteiger partial charge in [-0.3, -0.25) is 0 Å². The van der Waals surface area contributed by atoms with Gasteiger partial charge in [-0.2, -0.15) is 14.9 Å². The predicted octanol–water partition coefficient (Wildman–Crippen LogP) is 4.75. The second-order valence-corrected chi connectivity index (χ2v) is 6.24. The molecule has 0 saturated carbocycles. The van der Waals surface area contributed by atoms with E-state index in [-0.39, 0.29) is 11.7 Å². The van der Waals surface area contributed by atoms with Crippen LogP contribution in [0.15, 0.2) is 48.8 Å². The Hall–Kier alpha value is -2.95. The van der Waals surface area contributed by atoms with Gasteiger partial charge in [-0.05, 0) is 41.1 Å². The molecule has 2 heterocycles. The first-order valence-electron chi connectivity index (χ1n) is 7.80. The normalized spacial score (nSPS) is 11.7. The van der Waals surface area contributed by atoms with E-state index in [0.717, 1.165) is 43.2 Å². The van der Waals surface area contributed by atoms with Gasteiger partial charge in [0.25, 0.3) is 0 Å². The number of hydrogen-bond acceptors (Lipinski definition) is 3. The van der Waals surface area contributed by atoms with Gasteiger partial charge in [-0.1, -0.05) is 26.0 Å². The Bertz CT molecular complexity index is 1050. The molecule has 2 aromatic heterocycles. The summed E-state index contributed by atoms with van der Waals surface area (Å²) in [5.41, 5.74) is 3.32. The third kappa shape index (κ3) is 2.21. The molecule has 0 aliphatic rings. The highest BCUT2D eigenvalue weighted by atomic mass is 19.1. The summed E-state index contributed by atoms with van der Waals surface area (Å²) in [6.45, 7) is 4.04. The van der Waals surface area contributed by atoms with Gasteiger partial charge in [0, 0.05) is 16.3 Å². The van der Waals surface area contributed by atoms with E-state index in [1.807, 2.05) is 26.0 Å². The Kier molecular flexibility index (Phi) is 3.23. The highest BCUT2D eigenvalue weighted by Gasteiger charge is 2.18. The monoisotopic (exact) mass is 321 g/mol. The van der Waals surface area contributed by atoms with Crippen LogP contribution in [0.4, 0.5) is 4.39 Å². The first-order chi connectivity index (χ1) is 11.5. The van der Waals surface area contributed by atoms with Gasteiger partial charge in [0.05, 0.1) is 23.6 Å². The van der Waals surface area contributed by atoms with Crippen molar-refractivity contribution in [2.45, 2.75) is 19.8 Å². The molecule has 0 unspecified atom stereocenters. The number of aromatic nitrogens is 3. The fourth-order valence-electron chi connectivity index (χ4n) is 3.21. The van der Waals surface area contributed by atoms with Crippen LogP contribution in [0.1, 0.15) is 25.5 Å². The molecular formula is C19H16FN3O. The van der Waals surface area contributed by atoms with Crippen molar-refractivity contribution < 1.29 is 9.60 Å². The summed E-state index contributed by atoms with van der Waals surface area (Å²) < 4.78 is 14.5. The number of halogens is 1. The predicted molar refractivity (Wildman–Crippen MR) is 91.7 cm³/mol. The Morgan fingerprint density at radius 3 is 2.54 bits per heavy atom. The second-order valence-electron chi connectivity index (χ2n) is 6.24. The minimum absolute atomic E-state index is 0.0889. The van der Waals surface area contributed by atoms with Gasteiger partial charge in [0.15, 0.2) is 0 Å². The summed E-state index contributed by atoms with van der Waals surface area (Å²) in [6.07, 6.45) is 3.41. The van der Waals surface area contributed by atoms with Crippen molar-refractivity contribution >= 4 is 21.7 Å². The number of pyridine rings is 1. The average Bonchev–Trinajstić information content (AvgIpc) is 2.99. The van der Waals surface area contributed by atoms with Crippen LogP contribution in [0.3, 0.4) is 0 Å². The van der Waals surface area contributed by atoms with E-state index in [2.05, 4.69) is 10.2 Å². The molecule has 0 saturated heterocycles. The molecule has 0 bridgehead atoms. The number of rotatable bonds is 2. The Balaban J connectivity index is 2.16. The molecule has 0 amide bonds. The number of nitrogens with zero attached hydrogens (tertiary/aromatic N) is 3. The standard InChI is InChI=1S/C19H16FN3O/c1-11(2)19-18(12-3-5-15(20)6-4-12)16-7-13-9-21-22-17(13)8-14(16)10-23(19)24/h3-11,24H,1-2H3. The fourth-order valence-corrected chi connectivity index (χ4v) is 3.21. The van der Waals surface area contributed by atoms with Gasteiger partial charge in [-0.25, -0.2) is 4.39 Å². The quantitative estimate of drug-likeness (QED) is 0.542. The molecule has 0 fully saturated rings. The van der Waals surface area contributed by atoms with E-state index < -0.39 is 0 Å². The van der Waals surface area contributed by atoms with Crippen LogP contribution in [0, 0.1) is 5.82 Å². The maximum atomic E-state index is 13.4. The van der Waals surface area contributed by atoms with Crippen molar-refractivity contribution in [3.05, 3.63) is 60.3 Å². The van der Waals surface area contributed by atoms with E-state index in [9.17, 15) is 9.60 Å². The van der Waals surface area contributed by atoms with E-state index >= 15 is 0 Å². The van der Waals surface area contributed by atoms with Crippen LogP contribution in [0.2, 0.25) is 0 Å². The summed E-state index contributed by atoms with van der Waals surface area (Å²) in [5.74, 6) is -0.195. The van der Waals surface area contributed by atoms with Crippen LogP contribution < -0.4 is 0 Å². The lowest BCUT2D eigenvalue weighted by atomic mass is 9.92. The topological polar surface area (TPSA) is 50.9 Å². The summed E-state index contributed by atoms with van der Waals surface area (Å²) in [5, 5.41) is 21.3. The molecule has 4 aromatic rings.